The zero-order valence-electron chi connectivity index (χ0n) is 6.36. The molecule has 1 heterocycles. The van der Waals surface area contributed by atoms with Crippen molar-refractivity contribution in [2.45, 2.75) is 32.0 Å². The molecule has 0 bridgehead atoms. The third-order valence-corrected chi connectivity index (χ3v) is 2.39. The zero-order valence-corrected chi connectivity index (χ0v) is 7.17. The largest absolute Gasteiger partial charge is 0.368 e. The SMILES string of the molecule is CCCC1OC1CS(=O)(=O)O. The molecule has 0 amide bonds. The summed E-state index contributed by atoms with van der Waals surface area (Å²) < 4.78 is 34.0. The second-order valence-corrected chi connectivity index (χ2v) is 4.25. The molecule has 1 aliphatic rings. The van der Waals surface area contributed by atoms with Crippen LogP contribution < -0.4 is 0 Å². The topological polar surface area (TPSA) is 66.9 Å². The van der Waals surface area contributed by atoms with Gasteiger partial charge in [-0.1, -0.05) is 13.3 Å². The summed E-state index contributed by atoms with van der Waals surface area (Å²) in [5.41, 5.74) is 0. The van der Waals surface area contributed by atoms with Gasteiger partial charge in [-0.05, 0) is 6.42 Å². The third-order valence-electron chi connectivity index (χ3n) is 1.64. The van der Waals surface area contributed by atoms with Crippen molar-refractivity contribution >= 4 is 10.1 Å². The smallest absolute Gasteiger partial charge is 0.267 e. The molecule has 1 saturated heterocycles. The van der Waals surface area contributed by atoms with Crippen LogP contribution in [0.25, 0.3) is 0 Å². The molecule has 0 aromatic heterocycles. The fraction of sp³-hybridized carbons (Fsp3) is 1.00. The van der Waals surface area contributed by atoms with Crippen molar-refractivity contribution in [3.63, 3.8) is 0 Å². The normalized spacial score (nSPS) is 30.4. The van der Waals surface area contributed by atoms with Crippen LogP contribution in [0.4, 0.5) is 0 Å². The van der Waals surface area contributed by atoms with Gasteiger partial charge in [-0.15, -0.1) is 0 Å². The second-order valence-electron chi connectivity index (χ2n) is 2.75. The summed E-state index contributed by atoms with van der Waals surface area (Å²) in [5, 5.41) is 0. The summed E-state index contributed by atoms with van der Waals surface area (Å²) in [7, 11) is -3.84. The molecular weight excluding hydrogens is 168 g/mol. The molecule has 0 spiro atoms. The van der Waals surface area contributed by atoms with E-state index in [-0.39, 0.29) is 18.0 Å². The van der Waals surface area contributed by atoms with E-state index in [9.17, 15) is 8.42 Å². The standard InChI is InChI=1S/C6H12O4S/c1-2-3-5-6(10-5)4-11(7,8)9/h5-6H,2-4H2,1H3,(H,7,8,9). The maximum atomic E-state index is 10.3. The lowest BCUT2D eigenvalue weighted by molar-refractivity contribution is 0.366. The van der Waals surface area contributed by atoms with E-state index >= 15 is 0 Å². The van der Waals surface area contributed by atoms with Crippen LogP contribution in [0.5, 0.6) is 0 Å². The molecule has 1 N–H and O–H groups in total. The summed E-state index contributed by atoms with van der Waals surface area (Å²) in [6.07, 6.45) is 1.65. The van der Waals surface area contributed by atoms with Crippen LogP contribution in [0.3, 0.4) is 0 Å². The lowest BCUT2D eigenvalue weighted by Crippen LogP contribution is -2.11. The number of ether oxygens (including phenoxy) is 1. The molecule has 0 aliphatic carbocycles. The van der Waals surface area contributed by atoms with Gasteiger partial charge >= 0.3 is 0 Å². The summed E-state index contributed by atoms with van der Waals surface area (Å²) in [6, 6.07) is 0. The lowest BCUT2D eigenvalue weighted by atomic mass is 10.2. The Balaban J connectivity index is 2.24. The van der Waals surface area contributed by atoms with E-state index in [0.29, 0.717) is 0 Å². The molecule has 11 heavy (non-hydrogen) atoms. The van der Waals surface area contributed by atoms with Crippen LogP contribution in [-0.2, 0) is 14.9 Å². The Kier molecular flexibility index (Phi) is 2.51. The van der Waals surface area contributed by atoms with Crippen molar-refractivity contribution in [3.8, 4) is 0 Å². The van der Waals surface area contributed by atoms with Crippen molar-refractivity contribution in [2.24, 2.45) is 0 Å². The Morgan fingerprint density at radius 2 is 2.09 bits per heavy atom. The van der Waals surface area contributed by atoms with E-state index in [1.54, 1.807) is 0 Å². The Labute approximate surface area is 66.3 Å². The average molecular weight is 180 g/mol. The van der Waals surface area contributed by atoms with Gasteiger partial charge in [0.2, 0.25) is 0 Å². The highest BCUT2D eigenvalue weighted by Gasteiger charge is 2.40. The molecule has 5 heteroatoms. The van der Waals surface area contributed by atoms with Crippen LogP contribution in [0.2, 0.25) is 0 Å². The van der Waals surface area contributed by atoms with E-state index < -0.39 is 10.1 Å². The van der Waals surface area contributed by atoms with Gasteiger partial charge in [0, 0.05) is 0 Å². The van der Waals surface area contributed by atoms with Crippen molar-refractivity contribution in [3.05, 3.63) is 0 Å². The van der Waals surface area contributed by atoms with Gasteiger partial charge in [-0.25, -0.2) is 0 Å². The monoisotopic (exact) mass is 180 g/mol. The van der Waals surface area contributed by atoms with Gasteiger partial charge in [0.05, 0.1) is 6.10 Å². The fourth-order valence-electron chi connectivity index (χ4n) is 1.07. The first-order chi connectivity index (χ1) is 5.03. The first-order valence-corrected chi connectivity index (χ1v) is 5.24. The molecule has 4 nitrogen and oxygen atoms in total. The summed E-state index contributed by atoms with van der Waals surface area (Å²) in [4.78, 5) is 0. The van der Waals surface area contributed by atoms with E-state index in [1.165, 1.54) is 0 Å². The Hall–Kier alpha value is -0.130. The highest BCUT2D eigenvalue weighted by atomic mass is 32.2. The van der Waals surface area contributed by atoms with E-state index in [4.69, 9.17) is 9.29 Å². The summed E-state index contributed by atoms with van der Waals surface area (Å²) in [5.74, 6) is -0.252. The van der Waals surface area contributed by atoms with E-state index in [1.807, 2.05) is 6.92 Å². The average Bonchev–Trinajstić information content (AvgIpc) is 2.44. The number of epoxide rings is 1. The highest BCUT2D eigenvalue weighted by Crippen LogP contribution is 2.27. The number of hydrogen-bond donors (Lipinski definition) is 1. The molecule has 0 aromatic rings. The van der Waals surface area contributed by atoms with Crippen LogP contribution in [0.1, 0.15) is 19.8 Å². The van der Waals surface area contributed by atoms with E-state index in [2.05, 4.69) is 0 Å². The van der Waals surface area contributed by atoms with Crippen molar-refractivity contribution in [2.75, 3.05) is 5.75 Å². The minimum absolute atomic E-state index is 0.0573. The second kappa shape index (κ2) is 3.08. The van der Waals surface area contributed by atoms with Crippen LogP contribution in [0.15, 0.2) is 0 Å². The van der Waals surface area contributed by atoms with Gasteiger partial charge < -0.3 is 4.74 Å². The quantitative estimate of drug-likeness (QED) is 0.503. The summed E-state index contributed by atoms with van der Waals surface area (Å²) >= 11 is 0. The lowest BCUT2D eigenvalue weighted by Gasteiger charge is -1.89. The van der Waals surface area contributed by atoms with Crippen LogP contribution in [-0.4, -0.2) is 30.9 Å². The molecule has 0 aromatic carbocycles. The molecule has 0 saturated carbocycles. The highest BCUT2D eigenvalue weighted by molar-refractivity contribution is 7.85. The molecule has 1 fully saturated rings. The van der Waals surface area contributed by atoms with Crippen molar-refractivity contribution in [1.29, 1.82) is 0 Å². The molecule has 2 atom stereocenters. The molecular formula is C6H12O4S. The zero-order chi connectivity index (χ0) is 8.48. The molecule has 1 aliphatic heterocycles. The first kappa shape index (κ1) is 8.96. The first-order valence-electron chi connectivity index (χ1n) is 3.63. The summed E-state index contributed by atoms with van der Waals surface area (Å²) in [6.45, 7) is 2.01. The molecule has 66 valence electrons. The van der Waals surface area contributed by atoms with Crippen LogP contribution in [0, 0.1) is 0 Å². The van der Waals surface area contributed by atoms with Gasteiger partial charge in [-0.3, -0.25) is 4.55 Å². The Morgan fingerprint density at radius 3 is 2.55 bits per heavy atom. The minimum Gasteiger partial charge on any atom is -0.368 e. The van der Waals surface area contributed by atoms with E-state index in [0.717, 1.165) is 12.8 Å². The molecule has 2 unspecified atom stereocenters. The molecule has 1 rings (SSSR count). The maximum absolute atomic E-state index is 10.3. The third kappa shape index (κ3) is 3.18. The number of hydrogen-bond acceptors (Lipinski definition) is 3. The van der Waals surface area contributed by atoms with Gasteiger partial charge in [-0.2, -0.15) is 8.42 Å². The van der Waals surface area contributed by atoms with Gasteiger partial charge in [0.25, 0.3) is 10.1 Å². The van der Waals surface area contributed by atoms with Crippen LogP contribution >= 0.6 is 0 Å². The van der Waals surface area contributed by atoms with Gasteiger partial charge in [0.15, 0.2) is 0 Å². The predicted molar refractivity (Wildman–Crippen MR) is 40.0 cm³/mol. The van der Waals surface area contributed by atoms with Gasteiger partial charge in [0.1, 0.15) is 11.9 Å². The maximum Gasteiger partial charge on any atom is 0.267 e. The Morgan fingerprint density at radius 1 is 1.45 bits per heavy atom. The van der Waals surface area contributed by atoms with Crippen molar-refractivity contribution < 1.29 is 17.7 Å². The minimum atomic E-state index is -3.84. The number of rotatable bonds is 4. The Bertz CT molecular complexity index is 221. The molecule has 0 radical (unpaired) electrons. The fourth-order valence-corrected chi connectivity index (χ4v) is 1.78. The predicted octanol–water partition coefficient (Wildman–Crippen LogP) is 0.442. The van der Waals surface area contributed by atoms with Crippen molar-refractivity contribution in [1.82, 2.24) is 0 Å².